The number of carbonyl (C=O) groups is 2. The first kappa shape index (κ1) is 17.1. The molecule has 0 spiro atoms. The number of hydrogen-bond acceptors (Lipinski definition) is 5. The van der Waals surface area contributed by atoms with Crippen molar-refractivity contribution < 1.29 is 27.3 Å². The van der Waals surface area contributed by atoms with Gasteiger partial charge in [0.1, 0.15) is 12.0 Å². The molecule has 9 heteroatoms. The molecule has 124 valence electrons. The first-order valence-electron chi connectivity index (χ1n) is 6.77. The molecule has 1 N–H and O–H groups in total. The van der Waals surface area contributed by atoms with E-state index in [4.69, 9.17) is 4.74 Å². The zero-order chi connectivity index (χ0) is 17.2. The standard InChI is InChI=1S/C14H18N3O5S/c1-16-9-12(13(18)17(2)14(16)19)23(20,21)15-8-10-4-6-11(22-3)7-5-10/h4-7,9,12,15H,8H2,1-3H3/q+1. The predicted octanol–water partition coefficient (Wildman–Crippen LogP) is -0.212. The SMILES string of the molecule is COc1ccc(CNS(=O)(=O)C2C=[N+](C)C(=O)N(C)C2=O)cc1. The molecular weight excluding hydrogens is 322 g/mol. The van der Waals surface area contributed by atoms with Crippen molar-refractivity contribution in [3.05, 3.63) is 29.8 Å². The second-order valence-corrected chi connectivity index (χ2v) is 6.96. The zero-order valence-corrected chi connectivity index (χ0v) is 13.8. The molecule has 1 aromatic rings. The molecule has 2 rings (SSSR count). The molecule has 3 amide bonds. The molecule has 1 aliphatic rings. The topological polar surface area (TPSA) is 95.8 Å². The Labute approximate surface area is 134 Å². The first-order valence-corrected chi connectivity index (χ1v) is 8.31. The van der Waals surface area contributed by atoms with E-state index < -0.39 is 27.2 Å². The number of ether oxygens (including phenoxy) is 1. The van der Waals surface area contributed by atoms with Crippen molar-refractivity contribution >= 4 is 28.2 Å². The van der Waals surface area contributed by atoms with Crippen LogP contribution in [0.1, 0.15) is 5.56 Å². The zero-order valence-electron chi connectivity index (χ0n) is 13.0. The Bertz CT molecular complexity index is 755. The lowest BCUT2D eigenvalue weighted by Gasteiger charge is -2.19. The number of carbonyl (C=O) groups excluding carboxylic acids is 2. The third-order valence-electron chi connectivity index (χ3n) is 3.49. The van der Waals surface area contributed by atoms with Gasteiger partial charge in [-0.1, -0.05) is 12.1 Å². The lowest BCUT2D eigenvalue weighted by Crippen LogP contribution is -2.55. The molecule has 0 saturated heterocycles. The molecule has 0 aromatic heterocycles. The van der Waals surface area contributed by atoms with Crippen LogP contribution in [-0.2, 0) is 21.4 Å². The van der Waals surface area contributed by atoms with E-state index in [0.717, 1.165) is 21.3 Å². The number of amides is 3. The summed E-state index contributed by atoms with van der Waals surface area (Å²) in [6.45, 7) is 0.0331. The van der Waals surface area contributed by atoms with E-state index in [-0.39, 0.29) is 6.54 Å². The minimum absolute atomic E-state index is 0.0331. The van der Waals surface area contributed by atoms with Crippen LogP contribution in [0.25, 0.3) is 0 Å². The van der Waals surface area contributed by atoms with E-state index in [2.05, 4.69) is 4.72 Å². The highest BCUT2D eigenvalue weighted by atomic mass is 32.2. The van der Waals surface area contributed by atoms with E-state index in [1.165, 1.54) is 21.2 Å². The average molecular weight is 340 g/mol. The van der Waals surface area contributed by atoms with Crippen molar-refractivity contribution in [3.8, 4) is 5.75 Å². The molecule has 1 aromatic carbocycles. The van der Waals surface area contributed by atoms with Crippen LogP contribution in [0, 0.1) is 0 Å². The number of methoxy groups -OCH3 is 1. The summed E-state index contributed by atoms with van der Waals surface area (Å²) in [5, 5.41) is -1.44. The summed E-state index contributed by atoms with van der Waals surface area (Å²) in [4.78, 5) is 24.4. The highest BCUT2D eigenvalue weighted by Gasteiger charge is 2.45. The molecule has 1 heterocycles. The van der Waals surface area contributed by atoms with Gasteiger partial charge in [-0.05, 0) is 17.7 Å². The number of hydrogen-bond donors (Lipinski definition) is 1. The van der Waals surface area contributed by atoms with Crippen molar-refractivity contribution in [2.45, 2.75) is 11.8 Å². The largest absolute Gasteiger partial charge is 0.500 e. The Morgan fingerprint density at radius 1 is 1.26 bits per heavy atom. The van der Waals surface area contributed by atoms with Crippen LogP contribution < -0.4 is 9.46 Å². The van der Waals surface area contributed by atoms with Gasteiger partial charge in [0, 0.05) is 6.54 Å². The number of sulfonamides is 1. The highest BCUT2D eigenvalue weighted by molar-refractivity contribution is 7.91. The van der Waals surface area contributed by atoms with Gasteiger partial charge in [0.2, 0.25) is 15.3 Å². The maximum Gasteiger partial charge on any atom is 0.500 e. The van der Waals surface area contributed by atoms with Crippen LogP contribution in [0.15, 0.2) is 24.3 Å². The molecule has 0 fully saturated rings. The summed E-state index contributed by atoms with van der Waals surface area (Å²) in [6.07, 6.45) is 1.10. The molecule has 1 aliphatic heterocycles. The van der Waals surface area contributed by atoms with E-state index >= 15 is 0 Å². The number of nitrogens with one attached hydrogen (secondary N) is 1. The number of benzene rings is 1. The van der Waals surface area contributed by atoms with Crippen LogP contribution >= 0.6 is 0 Å². The molecule has 0 aliphatic carbocycles. The average Bonchev–Trinajstić information content (AvgIpc) is 2.54. The summed E-state index contributed by atoms with van der Waals surface area (Å²) < 4.78 is 33.2. The third-order valence-corrected chi connectivity index (χ3v) is 5.03. The van der Waals surface area contributed by atoms with Gasteiger partial charge >= 0.3 is 11.9 Å². The summed E-state index contributed by atoms with van der Waals surface area (Å²) in [6, 6.07) is 6.28. The second kappa shape index (κ2) is 6.47. The van der Waals surface area contributed by atoms with E-state index in [9.17, 15) is 18.0 Å². The van der Waals surface area contributed by atoms with Crippen molar-refractivity contribution in [2.75, 3.05) is 21.2 Å². The molecular formula is C14H18N3O5S+. The van der Waals surface area contributed by atoms with Crippen LogP contribution in [0.4, 0.5) is 4.79 Å². The molecule has 23 heavy (non-hydrogen) atoms. The van der Waals surface area contributed by atoms with Crippen LogP contribution in [0.3, 0.4) is 0 Å². The van der Waals surface area contributed by atoms with Gasteiger partial charge in [-0.3, -0.25) is 0 Å². The predicted molar refractivity (Wildman–Crippen MR) is 83.0 cm³/mol. The molecule has 1 unspecified atom stereocenters. The summed E-state index contributed by atoms with van der Waals surface area (Å²) in [5.41, 5.74) is 0.718. The molecule has 0 saturated carbocycles. The summed E-state index contributed by atoms with van der Waals surface area (Å²) in [7, 11) is 0.231. The Morgan fingerprint density at radius 3 is 2.43 bits per heavy atom. The fourth-order valence-corrected chi connectivity index (χ4v) is 3.40. The monoisotopic (exact) mass is 340 g/mol. The summed E-state index contributed by atoms with van der Waals surface area (Å²) in [5.74, 6) is -0.121. The highest BCUT2D eigenvalue weighted by Crippen LogP contribution is 2.12. The molecule has 0 radical (unpaired) electrons. The normalized spacial score (nSPS) is 18.8. The van der Waals surface area contributed by atoms with Crippen LogP contribution in [0.2, 0.25) is 0 Å². The quantitative estimate of drug-likeness (QED) is 0.748. The van der Waals surface area contributed by atoms with Gasteiger partial charge in [-0.15, -0.1) is 0 Å². The first-order chi connectivity index (χ1) is 10.8. The fraction of sp³-hybridized carbons (Fsp3) is 0.357. The third kappa shape index (κ3) is 3.57. The smallest absolute Gasteiger partial charge is 0.497 e. The maximum absolute atomic E-state index is 12.3. The van der Waals surface area contributed by atoms with Gasteiger partial charge < -0.3 is 4.74 Å². The number of urea groups is 1. The van der Waals surface area contributed by atoms with Crippen LogP contribution in [-0.4, -0.2) is 62.5 Å². The minimum atomic E-state index is -3.96. The van der Waals surface area contributed by atoms with Gasteiger partial charge in [0.25, 0.3) is 0 Å². The maximum atomic E-state index is 12.3. The lowest BCUT2D eigenvalue weighted by atomic mass is 10.2. The Morgan fingerprint density at radius 2 is 1.87 bits per heavy atom. The number of nitrogens with zero attached hydrogens (tertiary/aromatic N) is 2. The van der Waals surface area contributed by atoms with E-state index in [1.54, 1.807) is 24.3 Å². The van der Waals surface area contributed by atoms with Gasteiger partial charge in [-0.2, -0.15) is 9.69 Å². The fourth-order valence-electron chi connectivity index (χ4n) is 2.08. The van der Waals surface area contributed by atoms with Crippen molar-refractivity contribution in [1.82, 2.24) is 9.62 Å². The van der Waals surface area contributed by atoms with Crippen molar-refractivity contribution in [3.63, 3.8) is 0 Å². The molecule has 1 atom stereocenters. The minimum Gasteiger partial charge on any atom is -0.497 e. The Hall–Kier alpha value is -2.26. The number of imide groups is 1. The van der Waals surface area contributed by atoms with Crippen molar-refractivity contribution in [1.29, 1.82) is 0 Å². The summed E-state index contributed by atoms with van der Waals surface area (Å²) >= 11 is 0. The second-order valence-electron chi connectivity index (χ2n) is 5.07. The lowest BCUT2D eigenvalue weighted by molar-refractivity contribution is -0.399. The molecule has 0 bridgehead atoms. The van der Waals surface area contributed by atoms with E-state index in [1.807, 2.05) is 0 Å². The van der Waals surface area contributed by atoms with Gasteiger partial charge in [0.05, 0.1) is 21.2 Å². The van der Waals surface area contributed by atoms with Gasteiger partial charge in [0.15, 0.2) is 0 Å². The van der Waals surface area contributed by atoms with Crippen LogP contribution in [0.5, 0.6) is 5.75 Å². The van der Waals surface area contributed by atoms with Crippen molar-refractivity contribution in [2.24, 2.45) is 0 Å². The van der Waals surface area contributed by atoms with Gasteiger partial charge in [-0.25, -0.2) is 22.5 Å². The molecule has 8 nitrogen and oxygen atoms in total. The number of rotatable bonds is 5. The van der Waals surface area contributed by atoms with E-state index in [0.29, 0.717) is 5.75 Å². The Kier molecular flexibility index (Phi) is 4.81. The Balaban J connectivity index is 2.15.